The number of thiocarbonyl (C=S) groups is 1. The number of hydrogen-bond acceptors (Lipinski definition) is 3. The summed E-state index contributed by atoms with van der Waals surface area (Å²) in [6, 6.07) is -0.410. The van der Waals surface area contributed by atoms with Gasteiger partial charge in [-0.25, -0.2) is 0 Å². The monoisotopic (exact) mass is 189 g/mol. The SMILES string of the molecule is C[C@@H](NC(=O)CC(N)=O)C(N)=S. The minimum Gasteiger partial charge on any atom is -0.392 e. The zero-order chi connectivity index (χ0) is 9.72. The molecule has 0 bridgehead atoms. The van der Waals surface area contributed by atoms with Gasteiger partial charge in [0.1, 0.15) is 6.42 Å². The average molecular weight is 189 g/mol. The van der Waals surface area contributed by atoms with E-state index in [4.69, 9.17) is 11.5 Å². The van der Waals surface area contributed by atoms with Gasteiger partial charge in [0.2, 0.25) is 11.8 Å². The predicted octanol–water partition coefficient (Wildman–Crippen LogP) is -1.35. The van der Waals surface area contributed by atoms with Crippen molar-refractivity contribution >= 4 is 29.0 Å². The molecule has 0 fully saturated rings. The zero-order valence-electron chi connectivity index (χ0n) is 6.66. The molecule has 12 heavy (non-hydrogen) atoms. The van der Waals surface area contributed by atoms with Gasteiger partial charge in [-0.1, -0.05) is 12.2 Å². The molecule has 0 aromatic heterocycles. The summed E-state index contributed by atoms with van der Waals surface area (Å²) in [6.07, 6.45) is -0.340. The van der Waals surface area contributed by atoms with E-state index in [0.717, 1.165) is 0 Å². The van der Waals surface area contributed by atoms with Gasteiger partial charge in [-0.3, -0.25) is 9.59 Å². The first-order valence-corrected chi connectivity index (χ1v) is 3.71. The molecule has 0 aromatic rings. The Labute approximate surface area is 75.5 Å². The molecule has 0 saturated carbocycles. The number of rotatable bonds is 4. The van der Waals surface area contributed by atoms with Crippen LogP contribution in [0.1, 0.15) is 13.3 Å². The molecule has 0 rings (SSSR count). The van der Waals surface area contributed by atoms with Crippen LogP contribution in [-0.2, 0) is 9.59 Å². The maximum Gasteiger partial charge on any atom is 0.229 e. The van der Waals surface area contributed by atoms with Gasteiger partial charge < -0.3 is 16.8 Å². The van der Waals surface area contributed by atoms with E-state index in [1.165, 1.54) is 0 Å². The van der Waals surface area contributed by atoms with E-state index < -0.39 is 17.9 Å². The van der Waals surface area contributed by atoms with Crippen molar-refractivity contribution in [3.05, 3.63) is 0 Å². The smallest absolute Gasteiger partial charge is 0.229 e. The van der Waals surface area contributed by atoms with Gasteiger partial charge in [0, 0.05) is 0 Å². The summed E-state index contributed by atoms with van der Waals surface area (Å²) < 4.78 is 0. The third-order valence-corrected chi connectivity index (χ3v) is 1.49. The molecular formula is C6H11N3O2S. The fourth-order valence-electron chi connectivity index (χ4n) is 0.522. The topological polar surface area (TPSA) is 98.2 Å². The summed E-state index contributed by atoms with van der Waals surface area (Å²) >= 11 is 4.60. The average Bonchev–Trinajstić information content (AvgIpc) is 1.84. The van der Waals surface area contributed by atoms with Crippen molar-refractivity contribution in [1.29, 1.82) is 0 Å². The second-order valence-corrected chi connectivity index (χ2v) is 2.81. The van der Waals surface area contributed by atoms with Crippen molar-refractivity contribution in [3.8, 4) is 0 Å². The van der Waals surface area contributed by atoms with Gasteiger partial charge in [0.15, 0.2) is 0 Å². The third-order valence-electron chi connectivity index (χ3n) is 1.14. The summed E-state index contributed by atoms with van der Waals surface area (Å²) in [5, 5.41) is 2.40. The Hall–Kier alpha value is -1.17. The van der Waals surface area contributed by atoms with E-state index in [1.807, 2.05) is 0 Å². The molecule has 0 aliphatic rings. The van der Waals surface area contributed by atoms with Crippen molar-refractivity contribution in [2.24, 2.45) is 11.5 Å². The number of amides is 2. The Kier molecular flexibility index (Phi) is 4.20. The summed E-state index contributed by atoms with van der Waals surface area (Å²) in [6.45, 7) is 1.63. The minimum atomic E-state index is -0.678. The fourth-order valence-corrected chi connectivity index (χ4v) is 0.581. The highest BCUT2D eigenvalue weighted by Crippen LogP contribution is 1.84. The molecule has 2 amide bonds. The number of nitrogens with two attached hydrogens (primary N) is 2. The third kappa shape index (κ3) is 4.62. The number of nitrogens with one attached hydrogen (secondary N) is 1. The molecule has 6 heteroatoms. The highest BCUT2D eigenvalue weighted by Gasteiger charge is 2.10. The molecule has 1 atom stereocenters. The van der Waals surface area contributed by atoms with Crippen LogP contribution >= 0.6 is 12.2 Å². The van der Waals surface area contributed by atoms with Crippen LogP contribution in [0.3, 0.4) is 0 Å². The van der Waals surface area contributed by atoms with Gasteiger partial charge in [0.05, 0.1) is 11.0 Å². The first kappa shape index (κ1) is 10.8. The van der Waals surface area contributed by atoms with Crippen LogP contribution in [0.5, 0.6) is 0 Å². The molecule has 0 aliphatic heterocycles. The van der Waals surface area contributed by atoms with Gasteiger partial charge in [0.25, 0.3) is 0 Å². The Morgan fingerprint density at radius 2 is 2.00 bits per heavy atom. The second-order valence-electron chi connectivity index (χ2n) is 2.33. The Morgan fingerprint density at radius 1 is 1.50 bits per heavy atom. The molecule has 0 heterocycles. The fraction of sp³-hybridized carbons (Fsp3) is 0.500. The number of carbonyl (C=O) groups excluding carboxylic acids is 2. The maximum atomic E-state index is 10.8. The molecular weight excluding hydrogens is 178 g/mol. The number of primary amides is 1. The summed E-state index contributed by atoms with van der Waals surface area (Å²) in [4.78, 5) is 21.3. The lowest BCUT2D eigenvalue weighted by Gasteiger charge is -2.10. The molecule has 5 N–H and O–H groups in total. The standard InChI is InChI=1S/C6H11N3O2S/c1-3(6(8)12)9-5(11)2-4(7)10/h3H,2H2,1H3,(H2,7,10)(H2,8,12)(H,9,11)/t3-/m1/s1. The van der Waals surface area contributed by atoms with Crippen LogP contribution in [-0.4, -0.2) is 22.8 Å². The van der Waals surface area contributed by atoms with Gasteiger partial charge >= 0.3 is 0 Å². The van der Waals surface area contributed by atoms with Crippen LogP contribution in [0.2, 0.25) is 0 Å². The molecule has 0 unspecified atom stereocenters. The van der Waals surface area contributed by atoms with E-state index in [0.29, 0.717) is 0 Å². The largest absolute Gasteiger partial charge is 0.392 e. The lowest BCUT2D eigenvalue weighted by molar-refractivity contribution is -0.127. The molecule has 5 nitrogen and oxygen atoms in total. The lowest BCUT2D eigenvalue weighted by atomic mass is 10.3. The molecule has 0 radical (unpaired) electrons. The van der Waals surface area contributed by atoms with Crippen molar-refractivity contribution < 1.29 is 9.59 Å². The maximum absolute atomic E-state index is 10.8. The summed E-state index contributed by atoms with van der Waals surface area (Å²) in [7, 11) is 0. The van der Waals surface area contributed by atoms with Gasteiger partial charge in [-0.2, -0.15) is 0 Å². The van der Waals surface area contributed by atoms with Gasteiger partial charge in [-0.05, 0) is 6.92 Å². The van der Waals surface area contributed by atoms with Crippen LogP contribution in [0.4, 0.5) is 0 Å². The van der Waals surface area contributed by atoms with E-state index >= 15 is 0 Å². The second kappa shape index (κ2) is 4.66. The Balaban J connectivity index is 3.85. The van der Waals surface area contributed by atoms with E-state index in [2.05, 4.69) is 17.5 Å². The van der Waals surface area contributed by atoms with Crippen LogP contribution < -0.4 is 16.8 Å². The zero-order valence-corrected chi connectivity index (χ0v) is 7.48. The van der Waals surface area contributed by atoms with E-state index in [9.17, 15) is 9.59 Å². The molecule has 68 valence electrons. The summed E-state index contributed by atoms with van der Waals surface area (Å²) in [5.74, 6) is -1.15. The number of hydrogen-bond donors (Lipinski definition) is 3. The van der Waals surface area contributed by atoms with Crippen molar-refractivity contribution in [2.75, 3.05) is 0 Å². The normalized spacial score (nSPS) is 11.8. The van der Waals surface area contributed by atoms with Crippen molar-refractivity contribution in [1.82, 2.24) is 5.32 Å². The molecule has 0 spiro atoms. The Bertz CT molecular complexity index is 217. The van der Waals surface area contributed by atoms with Crippen molar-refractivity contribution in [2.45, 2.75) is 19.4 Å². The minimum absolute atomic E-state index is 0.174. The molecule has 0 saturated heterocycles. The quantitative estimate of drug-likeness (QED) is 0.376. The molecule has 0 aliphatic carbocycles. The van der Waals surface area contributed by atoms with Crippen LogP contribution in [0, 0.1) is 0 Å². The first-order chi connectivity index (χ1) is 5.43. The van der Waals surface area contributed by atoms with Crippen molar-refractivity contribution in [3.63, 3.8) is 0 Å². The molecule has 0 aromatic carbocycles. The van der Waals surface area contributed by atoms with E-state index in [1.54, 1.807) is 6.92 Å². The number of carbonyl (C=O) groups is 2. The predicted molar refractivity (Wildman–Crippen MR) is 48.2 cm³/mol. The lowest BCUT2D eigenvalue weighted by Crippen LogP contribution is -2.42. The summed E-state index contributed by atoms with van der Waals surface area (Å²) in [5.41, 5.74) is 10.00. The Morgan fingerprint density at radius 3 is 2.33 bits per heavy atom. The van der Waals surface area contributed by atoms with E-state index in [-0.39, 0.29) is 11.4 Å². The highest BCUT2D eigenvalue weighted by molar-refractivity contribution is 7.80. The first-order valence-electron chi connectivity index (χ1n) is 3.30. The highest BCUT2D eigenvalue weighted by atomic mass is 32.1. The van der Waals surface area contributed by atoms with Crippen LogP contribution in [0.25, 0.3) is 0 Å². The van der Waals surface area contributed by atoms with Crippen LogP contribution in [0.15, 0.2) is 0 Å². The van der Waals surface area contributed by atoms with Gasteiger partial charge in [-0.15, -0.1) is 0 Å².